The molecule has 0 aliphatic rings. The second kappa shape index (κ2) is 10.6. The maximum absolute atomic E-state index is 12.6. The smallest absolute Gasteiger partial charge is 0.282 e. The summed E-state index contributed by atoms with van der Waals surface area (Å²) in [6.45, 7) is 8.90. The Morgan fingerprint density at radius 3 is 2.39 bits per heavy atom. The number of hydrogen-bond donors (Lipinski definition) is 2. The number of hydrogen-bond acceptors (Lipinski definition) is 3. The van der Waals surface area contributed by atoms with Crippen LogP contribution in [0.5, 0.6) is 11.5 Å². The number of rotatable bonds is 9. The summed E-state index contributed by atoms with van der Waals surface area (Å²) in [5, 5.41) is 5.79. The number of amides is 1. The van der Waals surface area contributed by atoms with E-state index in [1.807, 2.05) is 51.2 Å². The lowest BCUT2D eigenvalue weighted by molar-refractivity contribution is -0.709. The van der Waals surface area contributed by atoms with E-state index in [1.54, 1.807) is 18.2 Å². The molecule has 2 aromatic rings. The summed E-state index contributed by atoms with van der Waals surface area (Å²) in [5.41, 5.74) is 1.55. The van der Waals surface area contributed by atoms with E-state index >= 15 is 0 Å². The van der Waals surface area contributed by atoms with Crippen LogP contribution in [0.4, 0.5) is 5.69 Å². The average Bonchev–Trinajstić information content (AvgIpc) is 2.66. The van der Waals surface area contributed by atoms with Crippen molar-refractivity contribution in [3.8, 4) is 11.5 Å². The molecular formula is C21H27Cl2N2O3+. The van der Waals surface area contributed by atoms with E-state index in [4.69, 9.17) is 32.7 Å². The van der Waals surface area contributed by atoms with Gasteiger partial charge in [0.1, 0.15) is 6.04 Å². The molecular weight excluding hydrogens is 399 g/mol. The summed E-state index contributed by atoms with van der Waals surface area (Å²) in [5.74, 6) is 1.29. The Hall–Kier alpha value is -1.95. The van der Waals surface area contributed by atoms with Crippen molar-refractivity contribution in [1.82, 2.24) is 0 Å². The third kappa shape index (κ3) is 6.03. The standard InChI is InChI=1S/C21H26Cl2N2O3/c1-5-27-19-10-7-15(11-20(19)28-6-2)13(3)24-14(4)21(26)25-18-12-16(22)8-9-17(18)23/h7-14,24H,5-6H2,1-4H3,(H,25,26)/p+1/t13-,14+/m0/s1. The summed E-state index contributed by atoms with van der Waals surface area (Å²) in [7, 11) is 0. The monoisotopic (exact) mass is 425 g/mol. The molecule has 0 unspecified atom stereocenters. The van der Waals surface area contributed by atoms with E-state index < -0.39 is 0 Å². The molecule has 0 saturated carbocycles. The van der Waals surface area contributed by atoms with Gasteiger partial charge in [-0.1, -0.05) is 23.2 Å². The number of benzene rings is 2. The number of anilines is 1. The van der Waals surface area contributed by atoms with Gasteiger partial charge in [-0.25, -0.2) is 0 Å². The van der Waals surface area contributed by atoms with Crippen LogP contribution in [0.2, 0.25) is 10.0 Å². The highest BCUT2D eigenvalue weighted by Gasteiger charge is 2.22. The first-order chi connectivity index (χ1) is 13.3. The zero-order valence-electron chi connectivity index (χ0n) is 16.6. The summed E-state index contributed by atoms with van der Waals surface area (Å²) in [6, 6.07) is 10.6. The number of ether oxygens (including phenoxy) is 2. The van der Waals surface area contributed by atoms with Crippen LogP contribution >= 0.6 is 23.2 Å². The Morgan fingerprint density at radius 1 is 1.04 bits per heavy atom. The SMILES string of the molecule is CCOc1ccc([C@H](C)[NH2+][C@H](C)C(=O)Nc2cc(Cl)ccc2Cl)cc1OCC. The van der Waals surface area contributed by atoms with E-state index in [0.717, 1.165) is 11.3 Å². The van der Waals surface area contributed by atoms with Gasteiger partial charge in [-0.05, 0) is 64.1 Å². The quantitative estimate of drug-likeness (QED) is 0.623. The van der Waals surface area contributed by atoms with Gasteiger partial charge >= 0.3 is 0 Å². The summed E-state index contributed by atoms with van der Waals surface area (Å²) >= 11 is 12.1. The molecule has 2 atom stereocenters. The largest absolute Gasteiger partial charge is 0.490 e. The predicted octanol–water partition coefficient (Wildman–Crippen LogP) is 4.44. The summed E-state index contributed by atoms with van der Waals surface area (Å²) in [4.78, 5) is 12.6. The topological polar surface area (TPSA) is 64.2 Å². The van der Waals surface area contributed by atoms with E-state index in [1.165, 1.54) is 0 Å². The molecule has 2 aromatic carbocycles. The van der Waals surface area contributed by atoms with Crippen LogP contribution < -0.4 is 20.1 Å². The third-order valence-electron chi connectivity index (χ3n) is 4.27. The lowest BCUT2D eigenvalue weighted by atomic mass is 10.1. The Labute approximate surface area is 176 Å². The van der Waals surface area contributed by atoms with Crippen molar-refractivity contribution < 1.29 is 19.6 Å². The average molecular weight is 426 g/mol. The van der Waals surface area contributed by atoms with Crippen molar-refractivity contribution >= 4 is 34.8 Å². The van der Waals surface area contributed by atoms with Gasteiger partial charge in [0.15, 0.2) is 17.5 Å². The molecule has 0 aliphatic heterocycles. The summed E-state index contributed by atoms with van der Waals surface area (Å²) < 4.78 is 11.3. The highest BCUT2D eigenvalue weighted by Crippen LogP contribution is 2.30. The maximum atomic E-state index is 12.6. The van der Waals surface area contributed by atoms with Crippen molar-refractivity contribution in [3.05, 3.63) is 52.0 Å². The number of nitrogens with two attached hydrogens (primary N) is 1. The van der Waals surface area contributed by atoms with Gasteiger partial charge in [-0.15, -0.1) is 0 Å². The lowest BCUT2D eigenvalue weighted by Crippen LogP contribution is -2.91. The van der Waals surface area contributed by atoms with Crippen LogP contribution in [0.3, 0.4) is 0 Å². The Morgan fingerprint density at radius 2 is 1.71 bits per heavy atom. The first-order valence-corrected chi connectivity index (χ1v) is 10.1. The van der Waals surface area contributed by atoms with E-state index in [9.17, 15) is 4.79 Å². The van der Waals surface area contributed by atoms with Crippen LogP contribution in [-0.4, -0.2) is 25.2 Å². The highest BCUT2D eigenvalue weighted by atomic mass is 35.5. The van der Waals surface area contributed by atoms with Gasteiger partial charge in [0.25, 0.3) is 5.91 Å². The molecule has 1 amide bonds. The van der Waals surface area contributed by atoms with Gasteiger partial charge in [-0.2, -0.15) is 0 Å². The Balaban J connectivity index is 2.06. The molecule has 0 bridgehead atoms. The van der Waals surface area contributed by atoms with Crippen molar-refractivity contribution in [3.63, 3.8) is 0 Å². The van der Waals surface area contributed by atoms with Crippen molar-refractivity contribution in [1.29, 1.82) is 0 Å². The van der Waals surface area contributed by atoms with Gasteiger partial charge in [-0.3, -0.25) is 4.79 Å². The molecule has 152 valence electrons. The third-order valence-corrected chi connectivity index (χ3v) is 4.84. The number of nitrogens with one attached hydrogen (secondary N) is 1. The zero-order chi connectivity index (χ0) is 20.7. The van der Waals surface area contributed by atoms with Crippen LogP contribution in [0.15, 0.2) is 36.4 Å². The molecule has 3 N–H and O–H groups in total. The molecule has 28 heavy (non-hydrogen) atoms. The number of halogens is 2. The van der Waals surface area contributed by atoms with E-state index in [2.05, 4.69) is 5.32 Å². The molecule has 0 radical (unpaired) electrons. The summed E-state index contributed by atoms with van der Waals surface area (Å²) in [6.07, 6.45) is 0. The Bertz CT molecular complexity index is 814. The predicted molar refractivity (Wildman–Crippen MR) is 114 cm³/mol. The fourth-order valence-electron chi connectivity index (χ4n) is 2.82. The first-order valence-electron chi connectivity index (χ1n) is 9.36. The number of carbonyl (C=O) groups is 1. The molecule has 0 spiro atoms. The van der Waals surface area contributed by atoms with Crippen LogP contribution in [0, 0.1) is 0 Å². The van der Waals surface area contributed by atoms with Crippen molar-refractivity contribution in [2.45, 2.75) is 39.8 Å². The molecule has 7 heteroatoms. The number of carbonyl (C=O) groups excluding carboxylic acids is 1. The lowest BCUT2D eigenvalue weighted by Gasteiger charge is -2.19. The number of quaternary nitrogens is 1. The molecule has 5 nitrogen and oxygen atoms in total. The maximum Gasteiger partial charge on any atom is 0.282 e. The van der Waals surface area contributed by atoms with Crippen LogP contribution in [-0.2, 0) is 4.79 Å². The Kier molecular flexibility index (Phi) is 8.42. The van der Waals surface area contributed by atoms with Crippen LogP contribution in [0.25, 0.3) is 0 Å². The van der Waals surface area contributed by atoms with Gasteiger partial charge in [0.2, 0.25) is 0 Å². The van der Waals surface area contributed by atoms with Crippen molar-refractivity contribution in [2.75, 3.05) is 18.5 Å². The van der Waals surface area contributed by atoms with Gasteiger partial charge < -0.3 is 20.1 Å². The molecule has 0 heterocycles. The fraction of sp³-hybridized carbons (Fsp3) is 0.381. The molecule has 0 fully saturated rings. The fourth-order valence-corrected chi connectivity index (χ4v) is 3.16. The van der Waals surface area contributed by atoms with Crippen molar-refractivity contribution in [2.24, 2.45) is 0 Å². The molecule has 0 saturated heterocycles. The first kappa shape index (κ1) is 22.3. The minimum atomic E-state index is -0.327. The normalized spacial score (nSPS) is 12.9. The van der Waals surface area contributed by atoms with Gasteiger partial charge in [0, 0.05) is 10.6 Å². The highest BCUT2D eigenvalue weighted by molar-refractivity contribution is 6.35. The minimum Gasteiger partial charge on any atom is -0.490 e. The second-order valence-electron chi connectivity index (χ2n) is 6.46. The zero-order valence-corrected chi connectivity index (χ0v) is 18.1. The van der Waals surface area contributed by atoms with E-state index in [0.29, 0.717) is 34.7 Å². The van der Waals surface area contributed by atoms with E-state index in [-0.39, 0.29) is 18.0 Å². The minimum absolute atomic E-state index is 0.0467. The molecule has 0 aromatic heterocycles. The second-order valence-corrected chi connectivity index (χ2v) is 7.30. The molecule has 0 aliphatic carbocycles. The van der Waals surface area contributed by atoms with Crippen LogP contribution in [0.1, 0.15) is 39.3 Å². The van der Waals surface area contributed by atoms with Gasteiger partial charge in [0.05, 0.1) is 23.9 Å². The molecule has 2 rings (SSSR count).